The van der Waals surface area contributed by atoms with Crippen molar-refractivity contribution < 1.29 is 8.42 Å². The van der Waals surface area contributed by atoms with Crippen LogP contribution in [0.25, 0.3) is 0 Å². The Morgan fingerprint density at radius 3 is 2.72 bits per heavy atom. The lowest BCUT2D eigenvalue weighted by molar-refractivity contribution is 0.595. The molecule has 18 heavy (non-hydrogen) atoms. The Kier molecular flexibility index (Phi) is 3.61. The van der Waals surface area contributed by atoms with Crippen LogP contribution in [-0.4, -0.2) is 13.4 Å². The lowest BCUT2D eigenvalue weighted by Crippen LogP contribution is -2.05. The van der Waals surface area contributed by atoms with Crippen molar-refractivity contribution in [3.63, 3.8) is 0 Å². The van der Waals surface area contributed by atoms with Gasteiger partial charge in [-0.1, -0.05) is 11.6 Å². The molecule has 4 nitrogen and oxygen atoms in total. The van der Waals surface area contributed by atoms with Gasteiger partial charge in [0.2, 0.25) is 0 Å². The molecular formula is C11H11ClN2O2S2. The second kappa shape index (κ2) is 4.87. The zero-order chi connectivity index (χ0) is 13.3. The third-order valence-electron chi connectivity index (χ3n) is 2.31. The van der Waals surface area contributed by atoms with Gasteiger partial charge in [0, 0.05) is 11.1 Å². The highest BCUT2D eigenvalue weighted by Crippen LogP contribution is 2.25. The Balaban J connectivity index is 2.33. The molecule has 0 radical (unpaired) electrons. The predicted octanol–water partition coefficient (Wildman–Crippen LogP) is 2.66. The van der Waals surface area contributed by atoms with Crippen LogP contribution < -0.4 is 5.73 Å². The number of nitrogens with zero attached hydrogens (tertiary/aromatic N) is 1. The molecule has 1 aromatic carbocycles. The van der Waals surface area contributed by atoms with E-state index in [0.29, 0.717) is 10.7 Å². The van der Waals surface area contributed by atoms with Crippen molar-refractivity contribution in [3.8, 4) is 0 Å². The van der Waals surface area contributed by atoms with Gasteiger partial charge in [0.25, 0.3) is 0 Å². The lowest BCUT2D eigenvalue weighted by Gasteiger charge is -2.04. The number of aromatic nitrogens is 1. The molecule has 2 N–H and O–H groups in total. The van der Waals surface area contributed by atoms with Crippen molar-refractivity contribution >= 4 is 38.5 Å². The van der Waals surface area contributed by atoms with Crippen LogP contribution in [0.3, 0.4) is 0 Å². The van der Waals surface area contributed by atoms with Gasteiger partial charge in [-0.15, -0.1) is 11.3 Å². The molecule has 1 aromatic heterocycles. The molecule has 96 valence electrons. The monoisotopic (exact) mass is 302 g/mol. The van der Waals surface area contributed by atoms with Crippen LogP contribution in [0, 0.1) is 6.92 Å². The molecule has 2 aromatic rings. The predicted molar refractivity (Wildman–Crippen MR) is 73.6 cm³/mol. The van der Waals surface area contributed by atoms with E-state index in [1.54, 1.807) is 0 Å². The molecule has 0 aliphatic carbocycles. The van der Waals surface area contributed by atoms with Crippen molar-refractivity contribution in [1.29, 1.82) is 0 Å². The number of rotatable bonds is 3. The molecule has 0 saturated heterocycles. The first-order chi connectivity index (χ1) is 8.38. The van der Waals surface area contributed by atoms with Gasteiger partial charge in [-0.2, -0.15) is 0 Å². The van der Waals surface area contributed by atoms with Crippen molar-refractivity contribution in [2.75, 3.05) is 5.73 Å². The summed E-state index contributed by atoms with van der Waals surface area (Å²) in [5, 5.41) is 2.63. The molecule has 0 aliphatic heterocycles. The van der Waals surface area contributed by atoms with Crippen LogP contribution in [0.4, 0.5) is 5.69 Å². The van der Waals surface area contributed by atoms with Crippen molar-refractivity contribution in [1.82, 2.24) is 4.98 Å². The number of anilines is 1. The molecule has 0 bridgehead atoms. The van der Waals surface area contributed by atoms with Gasteiger partial charge in [-0.3, -0.25) is 0 Å². The first kappa shape index (κ1) is 13.3. The fourth-order valence-electron chi connectivity index (χ4n) is 1.42. The highest BCUT2D eigenvalue weighted by molar-refractivity contribution is 7.90. The maximum atomic E-state index is 12.1. The summed E-state index contributed by atoms with van der Waals surface area (Å²) < 4.78 is 24.3. The molecule has 0 spiro atoms. The van der Waals surface area contributed by atoms with Crippen LogP contribution in [0.15, 0.2) is 28.5 Å². The number of thiazole rings is 1. The van der Waals surface area contributed by atoms with E-state index in [1.165, 1.54) is 29.5 Å². The Hall–Kier alpha value is -1.11. The van der Waals surface area contributed by atoms with Gasteiger partial charge in [0.15, 0.2) is 9.84 Å². The molecule has 2 rings (SSSR count). The number of nitrogens with two attached hydrogens (primary N) is 1. The fraction of sp³-hybridized carbons (Fsp3) is 0.182. The van der Waals surface area contributed by atoms with E-state index in [-0.39, 0.29) is 15.7 Å². The third kappa shape index (κ3) is 2.82. The first-order valence-corrected chi connectivity index (χ1v) is 7.98. The van der Waals surface area contributed by atoms with Gasteiger partial charge in [-0.05, 0) is 25.1 Å². The average Bonchev–Trinajstić information content (AvgIpc) is 2.67. The van der Waals surface area contributed by atoms with E-state index in [2.05, 4.69) is 4.98 Å². The minimum atomic E-state index is -3.43. The number of hydrogen-bond donors (Lipinski definition) is 1. The Morgan fingerprint density at radius 1 is 1.44 bits per heavy atom. The molecular weight excluding hydrogens is 292 g/mol. The molecule has 0 unspecified atom stereocenters. The van der Waals surface area contributed by atoms with Crippen molar-refractivity contribution in [2.45, 2.75) is 17.6 Å². The lowest BCUT2D eigenvalue weighted by atomic mass is 10.3. The summed E-state index contributed by atoms with van der Waals surface area (Å²) in [6.07, 6.45) is 0. The van der Waals surface area contributed by atoms with Crippen molar-refractivity contribution in [2.24, 2.45) is 0 Å². The second-order valence-corrected chi connectivity index (χ2v) is 7.16. The molecule has 0 fully saturated rings. The normalized spacial score (nSPS) is 11.7. The quantitative estimate of drug-likeness (QED) is 0.885. The van der Waals surface area contributed by atoms with Crippen molar-refractivity contribution in [3.05, 3.63) is 39.3 Å². The first-order valence-electron chi connectivity index (χ1n) is 5.07. The Morgan fingerprint density at radius 2 is 2.17 bits per heavy atom. The third-order valence-corrected chi connectivity index (χ3v) is 5.41. The van der Waals surface area contributed by atoms with E-state index in [0.717, 1.165) is 5.69 Å². The van der Waals surface area contributed by atoms with Gasteiger partial charge in [0.05, 0.1) is 15.6 Å². The maximum Gasteiger partial charge on any atom is 0.184 e. The standard InChI is InChI=1S/C11H11ClN2O2S2/c1-7-5-17-11(14-7)6-18(15,16)8-2-3-10(13)9(12)4-8/h2-5H,6,13H2,1H3. The summed E-state index contributed by atoms with van der Waals surface area (Å²) in [6, 6.07) is 4.31. The van der Waals surface area contributed by atoms with Gasteiger partial charge < -0.3 is 5.73 Å². The van der Waals surface area contributed by atoms with E-state index in [4.69, 9.17) is 17.3 Å². The van der Waals surface area contributed by atoms with E-state index >= 15 is 0 Å². The van der Waals surface area contributed by atoms with E-state index in [9.17, 15) is 8.42 Å². The molecule has 0 saturated carbocycles. The number of benzene rings is 1. The minimum Gasteiger partial charge on any atom is -0.398 e. The van der Waals surface area contributed by atoms with E-state index < -0.39 is 9.84 Å². The summed E-state index contributed by atoms with van der Waals surface area (Å²) in [7, 11) is -3.43. The fourth-order valence-corrected chi connectivity index (χ4v) is 4.08. The SMILES string of the molecule is Cc1csc(CS(=O)(=O)c2ccc(N)c(Cl)c2)n1. The molecule has 0 aliphatic rings. The summed E-state index contributed by atoms with van der Waals surface area (Å²) in [6.45, 7) is 1.83. The summed E-state index contributed by atoms with van der Waals surface area (Å²) in [5.74, 6) is -0.119. The van der Waals surface area contributed by atoms with Gasteiger partial charge in [-0.25, -0.2) is 13.4 Å². The summed E-state index contributed by atoms with van der Waals surface area (Å²) >= 11 is 7.15. The number of hydrogen-bond acceptors (Lipinski definition) is 5. The van der Waals surface area contributed by atoms with Gasteiger partial charge in [0.1, 0.15) is 10.8 Å². The van der Waals surface area contributed by atoms with Gasteiger partial charge >= 0.3 is 0 Å². The largest absolute Gasteiger partial charge is 0.398 e. The minimum absolute atomic E-state index is 0.119. The van der Waals surface area contributed by atoms with Crippen LogP contribution >= 0.6 is 22.9 Å². The van der Waals surface area contributed by atoms with Crippen LogP contribution in [0.5, 0.6) is 0 Å². The second-order valence-electron chi connectivity index (χ2n) is 3.83. The zero-order valence-corrected chi connectivity index (χ0v) is 11.9. The summed E-state index contributed by atoms with van der Waals surface area (Å²) in [4.78, 5) is 4.30. The molecule has 0 amide bonds. The van der Waals surface area contributed by atoms with E-state index in [1.807, 2.05) is 12.3 Å². The average molecular weight is 303 g/mol. The Labute approximate surface area is 114 Å². The van der Waals surface area contributed by atoms with Crippen LogP contribution in [0.1, 0.15) is 10.7 Å². The molecule has 0 atom stereocenters. The van der Waals surface area contributed by atoms with Crippen LogP contribution in [-0.2, 0) is 15.6 Å². The number of aryl methyl sites for hydroxylation is 1. The highest BCUT2D eigenvalue weighted by Gasteiger charge is 2.18. The summed E-state index contributed by atoms with van der Waals surface area (Å²) in [5.41, 5.74) is 6.73. The smallest absolute Gasteiger partial charge is 0.184 e. The molecule has 7 heteroatoms. The topological polar surface area (TPSA) is 73.0 Å². The maximum absolute atomic E-state index is 12.1. The number of nitrogen functional groups attached to an aromatic ring is 1. The Bertz CT molecular complexity index is 680. The number of sulfone groups is 1. The highest BCUT2D eigenvalue weighted by atomic mass is 35.5. The van der Waals surface area contributed by atoms with Crippen LogP contribution in [0.2, 0.25) is 5.02 Å². The zero-order valence-electron chi connectivity index (χ0n) is 9.55. The number of halogens is 1. The molecule has 1 heterocycles.